The van der Waals surface area contributed by atoms with Crippen molar-refractivity contribution in [2.75, 3.05) is 6.54 Å². The van der Waals surface area contributed by atoms with Crippen LogP contribution in [0.25, 0.3) is 0 Å². The second-order valence-electron chi connectivity index (χ2n) is 4.97. The molecule has 0 N–H and O–H groups in total. The minimum atomic E-state index is 0.613. The number of hydrogen-bond donors (Lipinski definition) is 0. The Morgan fingerprint density at radius 3 is 2.72 bits per heavy atom. The molecule has 0 bridgehead atoms. The van der Waals surface area contributed by atoms with E-state index in [1.165, 1.54) is 36.2 Å². The summed E-state index contributed by atoms with van der Waals surface area (Å²) in [5.41, 5.74) is 1.48. The van der Waals surface area contributed by atoms with Crippen molar-refractivity contribution >= 4 is 11.3 Å². The van der Waals surface area contributed by atoms with Gasteiger partial charge in [0.05, 0.1) is 0 Å². The molecule has 3 rings (SSSR count). The van der Waals surface area contributed by atoms with E-state index < -0.39 is 0 Å². The van der Waals surface area contributed by atoms with E-state index >= 15 is 0 Å². The molecule has 0 amide bonds. The molecular formula is C16H19NS. The third-order valence-electron chi connectivity index (χ3n) is 3.74. The molecule has 1 aliphatic heterocycles. The summed E-state index contributed by atoms with van der Waals surface area (Å²) in [5, 5.41) is 2.18. The van der Waals surface area contributed by atoms with Crippen LogP contribution in [-0.4, -0.2) is 11.4 Å². The second-order valence-corrected chi connectivity index (χ2v) is 6.00. The largest absolute Gasteiger partial charge is 0.291 e. The Balaban J connectivity index is 1.78. The van der Waals surface area contributed by atoms with Gasteiger partial charge in [-0.3, -0.25) is 4.90 Å². The van der Waals surface area contributed by atoms with Gasteiger partial charge in [-0.2, -0.15) is 0 Å². The Labute approximate surface area is 113 Å². The number of hydrogen-bond acceptors (Lipinski definition) is 2. The van der Waals surface area contributed by atoms with Crippen LogP contribution in [0.1, 0.15) is 35.7 Å². The zero-order valence-electron chi connectivity index (χ0n) is 10.6. The monoisotopic (exact) mass is 257 g/mol. The summed E-state index contributed by atoms with van der Waals surface area (Å²) in [7, 11) is 0. The minimum Gasteiger partial charge on any atom is -0.291 e. The Hall–Kier alpha value is -1.12. The molecule has 2 heteroatoms. The second kappa shape index (κ2) is 5.68. The first-order chi connectivity index (χ1) is 8.93. The lowest BCUT2D eigenvalue weighted by Crippen LogP contribution is -2.32. The van der Waals surface area contributed by atoms with E-state index in [9.17, 15) is 0 Å². The van der Waals surface area contributed by atoms with Crippen molar-refractivity contribution in [2.24, 2.45) is 0 Å². The number of nitrogens with zero attached hydrogens (tertiary/aromatic N) is 1. The summed E-state index contributed by atoms with van der Waals surface area (Å²) in [6, 6.07) is 16.0. The summed E-state index contributed by atoms with van der Waals surface area (Å²) in [5.74, 6) is 0. The van der Waals surface area contributed by atoms with Crippen LogP contribution in [0.2, 0.25) is 0 Å². The summed E-state index contributed by atoms with van der Waals surface area (Å²) in [6.45, 7) is 2.34. The van der Waals surface area contributed by atoms with Gasteiger partial charge in [-0.25, -0.2) is 0 Å². The van der Waals surface area contributed by atoms with Crippen molar-refractivity contribution in [3.63, 3.8) is 0 Å². The average molecular weight is 257 g/mol. The number of benzene rings is 1. The van der Waals surface area contributed by atoms with Crippen LogP contribution < -0.4 is 0 Å². The van der Waals surface area contributed by atoms with Crippen LogP contribution in [0.5, 0.6) is 0 Å². The molecule has 1 aliphatic rings. The summed E-state index contributed by atoms with van der Waals surface area (Å²) in [6.07, 6.45) is 4.00. The zero-order valence-corrected chi connectivity index (χ0v) is 11.4. The Morgan fingerprint density at radius 1 is 1.06 bits per heavy atom. The molecule has 0 radical (unpaired) electrons. The quantitative estimate of drug-likeness (QED) is 0.784. The number of thiophene rings is 1. The molecule has 1 aromatic heterocycles. The van der Waals surface area contributed by atoms with Crippen molar-refractivity contribution in [1.29, 1.82) is 0 Å². The molecule has 1 fully saturated rings. The third-order valence-corrected chi connectivity index (χ3v) is 4.60. The zero-order chi connectivity index (χ0) is 12.2. The molecule has 1 unspecified atom stereocenters. The van der Waals surface area contributed by atoms with Gasteiger partial charge in [-0.15, -0.1) is 11.3 Å². The molecule has 2 heterocycles. The molecule has 0 saturated carbocycles. The van der Waals surface area contributed by atoms with Gasteiger partial charge >= 0.3 is 0 Å². The van der Waals surface area contributed by atoms with Crippen LogP contribution in [0, 0.1) is 0 Å². The molecule has 1 nitrogen and oxygen atoms in total. The van der Waals surface area contributed by atoms with E-state index in [1.54, 1.807) is 0 Å². The van der Waals surface area contributed by atoms with Gasteiger partial charge in [-0.1, -0.05) is 42.8 Å². The maximum atomic E-state index is 2.64. The Kier molecular flexibility index (Phi) is 3.77. The van der Waals surface area contributed by atoms with Crippen molar-refractivity contribution in [3.8, 4) is 0 Å². The average Bonchev–Trinajstić information content (AvgIpc) is 2.93. The van der Waals surface area contributed by atoms with Crippen LogP contribution in [0.15, 0.2) is 47.8 Å². The van der Waals surface area contributed by atoms with E-state index in [1.807, 2.05) is 11.3 Å². The van der Waals surface area contributed by atoms with Crippen molar-refractivity contribution in [2.45, 2.75) is 31.8 Å². The lowest BCUT2D eigenvalue weighted by atomic mass is 9.95. The highest BCUT2D eigenvalue weighted by Crippen LogP contribution is 2.32. The third kappa shape index (κ3) is 2.65. The van der Waals surface area contributed by atoms with E-state index in [0.717, 1.165) is 6.54 Å². The van der Waals surface area contributed by atoms with E-state index in [0.29, 0.717) is 6.04 Å². The Bertz CT molecular complexity index is 463. The first-order valence-corrected chi connectivity index (χ1v) is 7.63. The van der Waals surface area contributed by atoms with Crippen LogP contribution in [0.4, 0.5) is 0 Å². The first-order valence-electron chi connectivity index (χ1n) is 6.75. The lowest BCUT2D eigenvalue weighted by molar-refractivity contribution is 0.142. The molecule has 2 aromatic rings. The fourth-order valence-electron chi connectivity index (χ4n) is 2.84. The standard InChI is InChI=1S/C16H19NS/c1-2-7-14(8-3-1)16-10-4-5-11-17(16)13-15-9-6-12-18-15/h1-3,6-9,12,16H,4-5,10-11,13H2. The van der Waals surface area contributed by atoms with E-state index in [-0.39, 0.29) is 0 Å². The fraction of sp³-hybridized carbons (Fsp3) is 0.375. The maximum Gasteiger partial charge on any atom is 0.0351 e. The summed E-state index contributed by atoms with van der Waals surface area (Å²) in [4.78, 5) is 4.13. The first kappa shape index (κ1) is 11.9. The number of piperidine rings is 1. The van der Waals surface area contributed by atoms with E-state index in [2.05, 4.69) is 52.7 Å². The van der Waals surface area contributed by atoms with Crippen molar-refractivity contribution in [3.05, 3.63) is 58.3 Å². The highest BCUT2D eigenvalue weighted by atomic mass is 32.1. The highest BCUT2D eigenvalue weighted by Gasteiger charge is 2.23. The van der Waals surface area contributed by atoms with E-state index in [4.69, 9.17) is 0 Å². The lowest BCUT2D eigenvalue weighted by Gasteiger charge is -2.35. The molecule has 1 atom stereocenters. The minimum absolute atomic E-state index is 0.613. The Morgan fingerprint density at radius 2 is 1.94 bits per heavy atom. The van der Waals surface area contributed by atoms with Gasteiger partial charge < -0.3 is 0 Å². The van der Waals surface area contributed by atoms with Crippen LogP contribution in [0.3, 0.4) is 0 Å². The predicted molar refractivity (Wildman–Crippen MR) is 77.8 cm³/mol. The fourth-order valence-corrected chi connectivity index (χ4v) is 3.57. The van der Waals surface area contributed by atoms with Gasteiger partial charge in [0.2, 0.25) is 0 Å². The highest BCUT2D eigenvalue weighted by molar-refractivity contribution is 7.09. The van der Waals surface area contributed by atoms with Crippen LogP contribution in [-0.2, 0) is 6.54 Å². The molecule has 0 aliphatic carbocycles. The number of rotatable bonds is 3. The smallest absolute Gasteiger partial charge is 0.0351 e. The predicted octanol–water partition coefficient (Wildman–Crippen LogP) is 4.48. The van der Waals surface area contributed by atoms with Crippen LogP contribution >= 0.6 is 11.3 Å². The molecule has 94 valence electrons. The van der Waals surface area contributed by atoms with Crippen molar-refractivity contribution in [1.82, 2.24) is 4.90 Å². The molecule has 1 saturated heterocycles. The summed E-state index contributed by atoms with van der Waals surface area (Å²) < 4.78 is 0. The molecule has 1 aromatic carbocycles. The van der Waals surface area contributed by atoms with Gasteiger partial charge in [-0.05, 0) is 36.4 Å². The topological polar surface area (TPSA) is 3.24 Å². The summed E-state index contributed by atoms with van der Waals surface area (Å²) >= 11 is 1.87. The number of likely N-dealkylation sites (tertiary alicyclic amines) is 1. The maximum absolute atomic E-state index is 2.64. The van der Waals surface area contributed by atoms with Gasteiger partial charge in [0.1, 0.15) is 0 Å². The molecular weight excluding hydrogens is 238 g/mol. The van der Waals surface area contributed by atoms with Gasteiger partial charge in [0.25, 0.3) is 0 Å². The normalized spacial score (nSPS) is 21.0. The van der Waals surface area contributed by atoms with Gasteiger partial charge in [0.15, 0.2) is 0 Å². The van der Waals surface area contributed by atoms with Crippen molar-refractivity contribution < 1.29 is 0 Å². The van der Waals surface area contributed by atoms with Gasteiger partial charge in [0, 0.05) is 17.5 Å². The SMILES string of the molecule is c1ccc(C2CCCCN2Cc2cccs2)cc1. The molecule has 18 heavy (non-hydrogen) atoms. The molecule has 0 spiro atoms.